The van der Waals surface area contributed by atoms with Crippen molar-refractivity contribution in [1.82, 2.24) is 0 Å². The number of nitrogens with zero attached hydrogens (tertiary/aromatic N) is 1. The Labute approximate surface area is 164 Å². The molecule has 0 saturated heterocycles. The molecule has 0 spiro atoms. The molecule has 0 aromatic heterocycles. The quantitative estimate of drug-likeness (QED) is 0.371. The van der Waals surface area contributed by atoms with E-state index in [9.17, 15) is 24.1 Å². The van der Waals surface area contributed by atoms with Gasteiger partial charge in [0.15, 0.2) is 12.4 Å². The molecule has 1 N–H and O–H groups in total. The van der Waals surface area contributed by atoms with Crippen molar-refractivity contribution in [2.45, 2.75) is 0 Å². The van der Waals surface area contributed by atoms with Crippen LogP contribution >= 0.6 is 0 Å². The highest BCUT2D eigenvalue weighted by atomic mass is 19.1. The van der Waals surface area contributed by atoms with E-state index in [1.165, 1.54) is 60.7 Å². The van der Waals surface area contributed by atoms with Crippen molar-refractivity contribution in [3.63, 3.8) is 0 Å². The van der Waals surface area contributed by atoms with Gasteiger partial charge in [0, 0.05) is 28.9 Å². The van der Waals surface area contributed by atoms with E-state index in [4.69, 9.17) is 4.74 Å². The molecule has 1 amide bonds. The number of nitro benzene ring substituents is 1. The fourth-order valence-corrected chi connectivity index (χ4v) is 2.51. The minimum Gasteiger partial charge on any atom is -0.484 e. The molecular formula is C21H15FN2O5. The number of carbonyl (C=O) groups excluding carboxylic acids is 2. The van der Waals surface area contributed by atoms with Crippen molar-refractivity contribution in [3.8, 4) is 5.75 Å². The predicted octanol–water partition coefficient (Wildman–Crippen LogP) is 3.98. The van der Waals surface area contributed by atoms with Crippen LogP contribution in [-0.2, 0) is 4.79 Å². The van der Waals surface area contributed by atoms with Crippen LogP contribution in [0.4, 0.5) is 15.8 Å². The van der Waals surface area contributed by atoms with E-state index in [2.05, 4.69) is 5.32 Å². The number of non-ortho nitro benzene ring substituents is 1. The van der Waals surface area contributed by atoms with Gasteiger partial charge >= 0.3 is 0 Å². The van der Waals surface area contributed by atoms with Gasteiger partial charge in [-0.25, -0.2) is 4.39 Å². The molecule has 0 atom stereocenters. The summed E-state index contributed by atoms with van der Waals surface area (Å²) in [5.74, 6) is -0.805. The first-order chi connectivity index (χ1) is 13.9. The number of hydrogen-bond acceptors (Lipinski definition) is 5. The molecule has 0 saturated carbocycles. The Kier molecular flexibility index (Phi) is 5.94. The van der Waals surface area contributed by atoms with E-state index in [1.807, 2.05) is 0 Å². The van der Waals surface area contributed by atoms with Crippen molar-refractivity contribution in [2.24, 2.45) is 0 Å². The third kappa shape index (κ3) is 5.23. The molecule has 0 unspecified atom stereocenters. The van der Waals surface area contributed by atoms with Crippen molar-refractivity contribution in [2.75, 3.05) is 11.9 Å². The number of nitrogens with one attached hydrogen (secondary N) is 1. The van der Waals surface area contributed by atoms with Crippen LogP contribution < -0.4 is 10.1 Å². The van der Waals surface area contributed by atoms with Crippen LogP contribution in [0.5, 0.6) is 5.75 Å². The lowest BCUT2D eigenvalue weighted by Gasteiger charge is -2.08. The molecule has 0 radical (unpaired) electrons. The Balaban J connectivity index is 1.56. The number of ketones is 1. The van der Waals surface area contributed by atoms with Crippen molar-refractivity contribution >= 4 is 23.1 Å². The second kappa shape index (κ2) is 8.75. The molecule has 0 fully saturated rings. The van der Waals surface area contributed by atoms with E-state index in [-0.39, 0.29) is 23.8 Å². The zero-order valence-corrected chi connectivity index (χ0v) is 15.0. The molecule has 3 aromatic rings. The van der Waals surface area contributed by atoms with Gasteiger partial charge in [-0.15, -0.1) is 0 Å². The fourth-order valence-electron chi connectivity index (χ4n) is 2.51. The third-order valence-electron chi connectivity index (χ3n) is 3.93. The Hall–Kier alpha value is -4.07. The van der Waals surface area contributed by atoms with Gasteiger partial charge in [0.05, 0.1) is 4.92 Å². The van der Waals surface area contributed by atoms with Gasteiger partial charge < -0.3 is 10.1 Å². The molecule has 8 heteroatoms. The summed E-state index contributed by atoms with van der Waals surface area (Å²) >= 11 is 0. The number of rotatable bonds is 7. The molecule has 7 nitrogen and oxygen atoms in total. The van der Waals surface area contributed by atoms with Crippen molar-refractivity contribution in [3.05, 3.63) is 99.9 Å². The van der Waals surface area contributed by atoms with Crippen LogP contribution in [0.2, 0.25) is 0 Å². The standard InChI is InChI=1S/C21H15FN2O5/c22-16-8-4-14(5-9-16)21(26)15-6-10-19(11-7-15)29-13-20(25)23-17-2-1-3-18(12-17)24(27)28/h1-12H,13H2,(H,23,25). The number of halogens is 1. The molecular weight excluding hydrogens is 379 g/mol. The van der Waals surface area contributed by atoms with E-state index < -0.39 is 16.6 Å². The van der Waals surface area contributed by atoms with Gasteiger partial charge in [-0.2, -0.15) is 0 Å². The van der Waals surface area contributed by atoms with Crippen LogP contribution in [0.1, 0.15) is 15.9 Å². The average molecular weight is 394 g/mol. The number of anilines is 1. The van der Waals surface area contributed by atoms with Crippen LogP contribution in [0.15, 0.2) is 72.8 Å². The highest BCUT2D eigenvalue weighted by Crippen LogP contribution is 2.18. The summed E-state index contributed by atoms with van der Waals surface area (Å²) < 4.78 is 18.3. The Morgan fingerprint density at radius 3 is 2.21 bits per heavy atom. The number of carbonyl (C=O) groups is 2. The second-order valence-corrected chi connectivity index (χ2v) is 6.00. The molecule has 3 aromatic carbocycles. The Bertz CT molecular complexity index is 1050. The normalized spacial score (nSPS) is 10.2. The summed E-state index contributed by atoms with van der Waals surface area (Å²) in [6, 6.07) is 16.9. The molecule has 3 rings (SSSR count). The largest absolute Gasteiger partial charge is 0.484 e. The zero-order valence-electron chi connectivity index (χ0n) is 15.0. The minimum absolute atomic E-state index is 0.134. The van der Waals surface area contributed by atoms with E-state index in [1.54, 1.807) is 12.1 Å². The van der Waals surface area contributed by atoms with Gasteiger partial charge in [0.1, 0.15) is 11.6 Å². The highest BCUT2D eigenvalue weighted by Gasteiger charge is 2.11. The maximum Gasteiger partial charge on any atom is 0.271 e. The topological polar surface area (TPSA) is 98.5 Å². The molecule has 0 heterocycles. The van der Waals surface area contributed by atoms with Crippen LogP contribution in [0.3, 0.4) is 0 Å². The molecule has 0 aliphatic rings. The maximum absolute atomic E-state index is 13.0. The van der Waals surface area contributed by atoms with E-state index >= 15 is 0 Å². The first kappa shape index (κ1) is 19.7. The Morgan fingerprint density at radius 2 is 1.59 bits per heavy atom. The lowest BCUT2D eigenvalue weighted by atomic mass is 10.0. The summed E-state index contributed by atoms with van der Waals surface area (Å²) in [6.07, 6.45) is 0. The summed E-state index contributed by atoms with van der Waals surface area (Å²) in [7, 11) is 0. The van der Waals surface area contributed by atoms with Gasteiger partial charge in [-0.05, 0) is 54.6 Å². The molecule has 0 aliphatic carbocycles. The van der Waals surface area contributed by atoms with Crippen LogP contribution in [0, 0.1) is 15.9 Å². The average Bonchev–Trinajstić information content (AvgIpc) is 2.73. The first-order valence-corrected chi connectivity index (χ1v) is 8.50. The summed E-state index contributed by atoms with van der Waals surface area (Å²) in [6.45, 7) is -0.312. The zero-order chi connectivity index (χ0) is 20.8. The summed E-state index contributed by atoms with van der Waals surface area (Å²) in [4.78, 5) is 34.5. The summed E-state index contributed by atoms with van der Waals surface area (Å²) in [5, 5.41) is 13.3. The lowest BCUT2D eigenvalue weighted by molar-refractivity contribution is -0.384. The van der Waals surface area contributed by atoms with Gasteiger partial charge in [-0.3, -0.25) is 19.7 Å². The van der Waals surface area contributed by atoms with E-state index in [0.29, 0.717) is 16.9 Å². The fraction of sp³-hybridized carbons (Fsp3) is 0.0476. The number of nitro groups is 1. The monoisotopic (exact) mass is 394 g/mol. The van der Waals surface area contributed by atoms with Gasteiger partial charge in [0.2, 0.25) is 0 Å². The first-order valence-electron chi connectivity index (χ1n) is 8.50. The highest BCUT2D eigenvalue weighted by molar-refractivity contribution is 6.09. The number of amides is 1. The van der Waals surface area contributed by atoms with Gasteiger partial charge in [0.25, 0.3) is 11.6 Å². The molecule has 29 heavy (non-hydrogen) atoms. The third-order valence-corrected chi connectivity index (χ3v) is 3.93. The summed E-state index contributed by atoms with van der Waals surface area (Å²) in [5.41, 5.74) is 0.902. The number of ether oxygens (including phenoxy) is 1. The number of benzene rings is 3. The van der Waals surface area contributed by atoms with Crippen LogP contribution in [-0.4, -0.2) is 23.2 Å². The SMILES string of the molecule is O=C(COc1ccc(C(=O)c2ccc(F)cc2)cc1)Nc1cccc([N+](=O)[O-])c1. The smallest absolute Gasteiger partial charge is 0.271 e. The molecule has 0 bridgehead atoms. The Morgan fingerprint density at radius 1 is 0.966 bits per heavy atom. The van der Waals surface area contributed by atoms with Crippen LogP contribution in [0.25, 0.3) is 0 Å². The maximum atomic E-state index is 13.0. The minimum atomic E-state index is -0.555. The predicted molar refractivity (Wildman–Crippen MR) is 103 cm³/mol. The van der Waals surface area contributed by atoms with Crippen molar-refractivity contribution < 1.29 is 23.6 Å². The van der Waals surface area contributed by atoms with E-state index in [0.717, 1.165) is 0 Å². The van der Waals surface area contributed by atoms with Gasteiger partial charge in [-0.1, -0.05) is 6.07 Å². The lowest BCUT2D eigenvalue weighted by Crippen LogP contribution is -2.20. The molecule has 146 valence electrons. The second-order valence-electron chi connectivity index (χ2n) is 6.00. The van der Waals surface area contributed by atoms with Crippen molar-refractivity contribution in [1.29, 1.82) is 0 Å². The number of hydrogen-bond donors (Lipinski definition) is 1. The molecule has 0 aliphatic heterocycles.